The van der Waals surface area contributed by atoms with Gasteiger partial charge in [-0.25, -0.2) is 4.99 Å². The number of halogens is 1. The number of benzene rings is 1. The lowest BCUT2D eigenvalue weighted by Gasteiger charge is -2.03. The molecule has 0 saturated heterocycles. The Morgan fingerprint density at radius 3 is 2.67 bits per heavy atom. The minimum Gasteiger partial charge on any atom is -0.470 e. The summed E-state index contributed by atoms with van der Waals surface area (Å²) in [6, 6.07) is 10.3. The van der Waals surface area contributed by atoms with Crippen LogP contribution in [0.15, 0.2) is 35.3 Å². The summed E-state index contributed by atoms with van der Waals surface area (Å²) < 4.78 is 5.19. The zero-order chi connectivity index (χ0) is 8.39. The minimum absolute atomic E-state index is 0.167. The first-order chi connectivity index (χ1) is 5.86. The molecule has 0 unspecified atom stereocenters. The molecule has 2 nitrogen and oxygen atoms in total. The third-order valence-electron chi connectivity index (χ3n) is 1.80. The van der Waals surface area contributed by atoms with Crippen LogP contribution in [0.2, 0.25) is 0 Å². The fourth-order valence-electron chi connectivity index (χ4n) is 1.19. The predicted octanol–water partition coefficient (Wildman–Crippen LogP) is 2.51. The van der Waals surface area contributed by atoms with Crippen LogP contribution in [0.3, 0.4) is 0 Å². The van der Waals surface area contributed by atoms with Crippen molar-refractivity contribution < 1.29 is 4.74 Å². The Bertz CT molecular complexity index is 297. The van der Waals surface area contributed by atoms with Crippen LogP contribution < -0.4 is 0 Å². The van der Waals surface area contributed by atoms with Crippen molar-refractivity contribution in [2.45, 2.75) is 6.04 Å². The number of nitrogens with zero attached hydrogens (tertiary/aromatic N) is 1. The van der Waals surface area contributed by atoms with Crippen LogP contribution in [-0.4, -0.2) is 11.4 Å². The van der Waals surface area contributed by atoms with Crippen LogP contribution in [0.25, 0.3) is 0 Å². The third-order valence-corrected chi connectivity index (χ3v) is 2.24. The van der Waals surface area contributed by atoms with Gasteiger partial charge in [0.1, 0.15) is 12.6 Å². The maximum Gasteiger partial charge on any atom is 0.254 e. The second-order valence-corrected chi connectivity index (χ2v) is 3.30. The molecule has 3 heteroatoms. The highest BCUT2D eigenvalue weighted by Gasteiger charge is 2.17. The van der Waals surface area contributed by atoms with E-state index in [0.29, 0.717) is 11.4 Å². The monoisotopic (exact) mass is 225 g/mol. The van der Waals surface area contributed by atoms with Crippen molar-refractivity contribution in [2.75, 3.05) is 6.61 Å². The van der Waals surface area contributed by atoms with Gasteiger partial charge >= 0.3 is 0 Å². The number of aliphatic imine (C=N–C) groups is 1. The van der Waals surface area contributed by atoms with E-state index < -0.39 is 0 Å². The van der Waals surface area contributed by atoms with Crippen molar-refractivity contribution in [3.05, 3.63) is 35.9 Å². The van der Waals surface area contributed by atoms with E-state index in [9.17, 15) is 0 Å². The number of ether oxygens (including phenoxy) is 1. The molecule has 1 aromatic rings. The molecular formula is C9H8BrNO. The fraction of sp³-hybridized carbons (Fsp3) is 0.222. The first-order valence-electron chi connectivity index (χ1n) is 3.77. The van der Waals surface area contributed by atoms with Gasteiger partial charge in [-0.15, -0.1) is 0 Å². The SMILES string of the molecule is BrC1=N[C@@H](c2ccccc2)CO1. The first-order valence-corrected chi connectivity index (χ1v) is 4.56. The Morgan fingerprint density at radius 1 is 1.33 bits per heavy atom. The van der Waals surface area contributed by atoms with E-state index in [1.807, 2.05) is 18.2 Å². The highest BCUT2D eigenvalue weighted by molar-refractivity contribution is 9.18. The molecule has 0 radical (unpaired) electrons. The third kappa shape index (κ3) is 1.50. The molecule has 0 aliphatic carbocycles. The Balaban J connectivity index is 2.22. The molecule has 62 valence electrons. The van der Waals surface area contributed by atoms with E-state index in [-0.39, 0.29) is 6.04 Å². The quantitative estimate of drug-likeness (QED) is 0.720. The molecule has 1 aliphatic rings. The van der Waals surface area contributed by atoms with E-state index in [0.717, 1.165) is 0 Å². The van der Waals surface area contributed by atoms with E-state index in [1.165, 1.54) is 5.56 Å². The molecule has 0 bridgehead atoms. The minimum atomic E-state index is 0.167. The lowest BCUT2D eigenvalue weighted by Crippen LogP contribution is -1.96. The average Bonchev–Trinajstić information content (AvgIpc) is 2.54. The van der Waals surface area contributed by atoms with Gasteiger partial charge in [-0.05, 0) is 5.56 Å². The van der Waals surface area contributed by atoms with Crippen LogP contribution in [0.1, 0.15) is 11.6 Å². The topological polar surface area (TPSA) is 21.6 Å². The van der Waals surface area contributed by atoms with Crippen molar-refractivity contribution in [3.63, 3.8) is 0 Å². The van der Waals surface area contributed by atoms with Gasteiger partial charge in [0, 0.05) is 15.9 Å². The van der Waals surface area contributed by atoms with Crippen LogP contribution in [0, 0.1) is 0 Å². The molecule has 0 spiro atoms. The molecule has 0 amide bonds. The summed E-state index contributed by atoms with van der Waals surface area (Å²) in [7, 11) is 0. The Morgan fingerprint density at radius 2 is 2.08 bits per heavy atom. The summed E-state index contributed by atoms with van der Waals surface area (Å²) in [4.78, 5) is 4.88. The zero-order valence-electron chi connectivity index (χ0n) is 6.40. The molecule has 1 aliphatic heterocycles. The van der Waals surface area contributed by atoms with Crippen LogP contribution in [0.5, 0.6) is 0 Å². The van der Waals surface area contributed by atoms with Crippen molar-refractivity contribution >= 4 is 20.7 Å². The number of rotatable bonds is 1. The van der Waals surface area contributed by atoms with Crippen LogP contribution in [-0.2, 0) is 4.74 Å². The summed E-state index contributed by atoms with van der Waals surface area (Å²) in [5.41, 5.74) is 1.20. The van der Waals surface area contributed by atoms with E-state index >= 15 is 0 Å². The molecule has 1 heterocycles. The van der Waals surface area contributed by atoms with Crippen molar-refractivity contribution in [2.24, 2.45) is 4.99 Å². The van der Waals surface area contributed by atoms with Crippen LogP contribution >= 0.6 is 15.9 Å². The summed E-state index contributed by atoms with van der Waals surface area (Å²) in [5, 5.41) is 0. The van der Waals surface area contributed by atoms with Gasteiger partial charge in [0.2, 0.25) is 0 Å². The summed E-state index contributed by atoms with van der Waals surface area (Å²) in [6.07, 6.45) is 0. The second-order valence-electron chi connectivity index (χ2n) is 2.62. The van der Waals surface area contributed by atoms with Gasteiger partial charge in [-0.1, -0.05) is 30.3 Å². The predicted molar refractivity (Wildman–Crippen MR) is 51.5 cm³/mol. The van der Waals surface area contributed by atoms with Crippen molar-refractivity contribution in [3.8, 4) is 0 Å². The maximum atomic E-state index is 5.19. The summed E-state index contributed by atoms with van der Waals surface area (Å²) in [5.74, 6) is 0. The molecule has 0 aromatic heterocycles. The number of hydrogen-bond acceptors (Lipinski definition) is 2. The van der Waals surface area contributed by atoms with Gasteiger partial charge in [0.25, 0.3) is 4.81 Å². The summed E-state index contributed by atoms with van der Waals surface area (Å²) >= 11 is 3.20. The Kier molecular flexibility index (Phi) is 2.13. The smallest absolute Gasteiger partial charge is 0.254 e. The number of hydrogen-bond donors (Lipinski definition) is 0. The molecule has 0 N–H and O–H groups in total. The molecule has 2 rings (SSSR count). The van der Waals surface area contributed by atoms with Gasteiger partial charge in [-0.3, -0.25) is 0 Å². The van der Waals surface area contributed by atoms with Gasteiger partial charge < -0.3 is 4.74 Å². The lowest BCUT2D eigenvalue weighted by molar-refractivity contribution is 0.327. The van der Waals surface area contributed by atoms with Crippen LogP contribution in [0.4, 0.5) is 0 Å². The summed E-state index contributed by atoms with van der Waals surface area (Å²) in [6.45, 7) is 0.643. The molecule has 0 saturated carbocycles. The zero-order valence-corrected chi connectivity index (χ0v) is 7.99. The van der Waals surface area contributed by atoms with Gasteiger partial charge in [0.15, 0.2) is 0 Å². The van der Waals surface area contributed by atoms with E-state index in [1.54, 1.807) is 0 Å². The maximum absolute atomic E-state index is 5.19. The standard InChI is InChI=1S/C9H8BrNO/c10-9-11-8(6-12-9)7-4-2-1-3-5-7/h1-5,8H,6H2/t8-/m1/s1. The normalized spacial score (nSPS) is 21.8. The Labute approximate surface area is 79.4 Å². The molecular weight excluding hydrogens is 218 g/mol. The van der Waals surface area contributed by atoms with E-state index in [4.69, 9.17) is 4.74 Å². The van der Waals surface area contributed by atoms with E-state index in [2.05, 4.69) is 33.1 Å². The average molecular weight is 226 g/mol. The highest BCUT2D eigenvalue weighted by Crippen LogP contribution is 2.23. The van der Waals surface area contributed by atoms with Crippen molar-refractivity contribution in [1.29, 1.82) is 0 Å². The first kappa shape index (κ1) is 7.80. The van der Waals surface area contributed by atoms with Crippen molar-refractivity contribution in [1.82, 2.24) is 0 Å². The molecule has 0 fully saturated rings. The lowest BCUT2D eigenvalue weighted by atomic mass is 10.1. The largest absolute Gasteiger partial charge is 0.470 e. The second kappa shape index (κ2) is 3.27. The molecule has 1 atom stereocenters. The van der Waals surface area contributed by atoms with Gasteiger partial charge in [-0.2, -0.15) is 0 Å². The molecule has 1 aromatic carbocycles. The highest BCUT2D eigenvalue weighted by atomic mass is 79.9. The molecule has 12 heavy (non-hydrogen) atoms. The van der Waals surface area contributed by atoms with Gasteiger partial charge in [0.05, 0.1) is 0 Å². The Hall–Kier alpha value is -0.830. The fourth-order valence-corrected chi connectivity index (χ4v) is 1.57.